The number of carbonyl (C=O) groups excluding carboxylic acids is 4. The van der Waals surface area contributed by atoms with E-state index < -0.39 is 88.6 Å². The first-order chi connectivity index (χ1) is 17.5. The second-order valence-electron chi connectivity index (χ2n) is 12.5. The highest BCUT2D eigenvalue weighted by Crippen LogP contribution is 2.73. The molecule has 11 unspecified atom stereocenters. The third kappa shape index (κ3) is 3.97. The summed E-state index contributed by atoms with van der Waals surface area (Å²) in [6, 6.07) is 0. The van der Waals surface area contributed by atoms with Crippen molar-refractivity contribution in [3.05, 3.63) is 12.2 Å². The van der Waals surface area contributed by atoms with Crippen molar-refractivity contribution in [2.24, 2.45) is 34.0 Å². The number of fused-ring (bicyclic) bond motifs is 3. The van der Waals surface area contributed by atoms with Gasteiger partial charge >= 0.3 is 23.9 Å². The number of esters is 4. The Morgan fingerprint density at radius 3 is 1.87 bits per heavy atom. The Hall–Kier alpha value is -2.46. The van der Waals surface area contributed by atoms with Gasteiger partial charge in [0.2, 0.25) is 0 Å². The largest absolute Gasteiger partial charge is 0.462 e. The minimum absolute atomic E-state index is 0.0347. The second kappa shape index (κ2) is 9.33. The van der Waals surface area contributed by atoms with Gasteiger partial charge in [-0.25, -0.2) is 0 Å². The Balaban J connectivity index is 2.09. The van der Waals surface area contributed by atoms with Crippen LogP contribution in [-0.2, 0) is 38.1 Å². The molecule has 0 aromatic rings. The van der Waals surface area contributed by atoms with Crippen LogP contribution in [0.1, 0.15) is 67.7 Å². The number of aliphatic hydroxyl groups excluding tert-OH is 2. The van der Waals surface area contributed by atoms with Gasteiger partial charge in [-0.2, -0.15) is 0 Å². The fourth-order valence-electron chi connectivity index (χ4n) is 8.94. The Morgan fingerprint density at radius 2 is 1.34 bits per heavy atom. The zero-order valence-corrected chi connectivity index (χ0v) is 23.2. The van der Waals surface area contributed by atoms with Crippen LogP contribution in [0.4, 0.5) is 0 Å². The van der Waals surface area contributed by atoms with E-state index in [-0.39, 0.29) is 12.3 Å². The van der Waals surface area contributed by atoms with Crippen LogP contribution in [0.25, 0.3) is 0 Å². The maximum absolute atomic E-state index is 12.6. The smallest absolute Gasteiger partial charge is 0.303 e. The first kappa shape index (κ1) is 28.5. The summed E-state index contributed by atoms with van der Waals surface area (Å²) in [6.07, 6.45) is -5.21. The van der Waals surface area contributed by atoms with Crippen molar-refractivity contribution in [1.82, 2.24) is 0 Å². The molecule has 0 heterocycles. The van der Waals surface area contributed by atoms with Gasteiger partial charge in [-0.05, 0) is 29.7 Å². The van der Waals surface area contributed by atoms with E-state index in [1.165, 1.54) is 27.7 Å². The van der Waals surface area contributed by atoms with E-state index in [2.05, 4.69) is 6.58 Å². The van der Waals surface area contributed by atoms with Crippen LogP contribution in [0.3, 0.4) is 0 Å². The predicted octanol–water partition coefficient (Wildman–Crippen LogP) is 2.08. The molecular weight excluding hydrogens is 496 g/mol. The van der Waals surface area contributed by atoms with Gasteiger partial charge in [0.15, 0.2) is 0 Å². The molecule has 2 bridgehead atoms. The lowest BCUT2D eigenvalue weighted by Gasteiger charge is -2.70. The van der Waals surface area contributed by atoms with Gasteiger partial charge in [-0.3, -0.25) is 19.2 Å². The van der Waals surface area contributed by atoms with Gasteiger partial charge in [0.25, 0.3) is 0 Å². The number of aliphatic hydroxyl groups is 2. The molecule has 0 aromatic carbocycles. The van der Waals surface area contributed by atoms with Crippen molar-refractivity contribution in [2.45, 2.75) is 104 Å². The van der Waals surface area contributed by atoms with Gasteiger partial charge in [0.1, 0.15) is 24.4 Å². The standard InChI is InChI=1S/C28H40O10/c1-12-17-9-18(35-13(2)29)22-27(8)20(34)10-19(33)26(6,7)23(27)21(36-14(3)30)25(38-16(5)32)28(22,11-17)24(12)37-15(4)31/h17-25,33-34H,1,9-11H2,2-8H3. The molecule has 38 heavy (non-hydrogen) atoms. The zero-order chi connectivity index (χ0) is 28.5. The summed E-state index contributed by atoms with van der Waals surface area (Å²) in [5, 5.41) is 22.9. The summed E-state index contributed by atoms with van der Waals surface area (Å²) in [4.78, 5) is 49.9. The Bertz CT molecular complexity index is 1050. The molecule has 0 radical (unpaired) electrons. The topological polar surface area (TPSA) is 146 Å². The molecule has 10 nitrogen and oxygen atoms in total. The van der Waals surface area contributed by atoms with Gasteiger partial charge in [0.05, 0.1) is 17.6 Å². The van der Waals surface area contributed by atoms with Crippen LogP contribution in [0, 0.1) is 34.0 Å². The molecule has 4 aliphatic rings. The maximum atomic E-state index is 12.6. The fourth-order valence-corrected chi connectivity index (χ4v) is 8.94. The van der Waals surface area contributed by atoms with E-state index in [1.54, 1.807) is 0 Å². The molecule has 2 N–H and O–H groups in total. The molecule has 4 saturated carbocycles. The third-order valence-corrected chi connectivity index (χ3v) is 9.93. The minimum atomic E-state index is -1.22. The first-order valence-corrected chi connectivity index (χ1v) is 13.2. The van der Waals surface area contributed by atoms with Gasteiger partial charge in [-0.1, -0.05) is 27.4 Å². The average Bonchev–Trinajstić information content (AvgIpc) is 2.96. The third-order valence-electron chi connectivity index (χ3n) is 9.93. The zero-order valence-electron chi connectivity index (χ0n) is 23.2. The molecule has 10 heteroatoms. The highest BCUT2D eigenvalue weighted by Gasteiger charge is 2.80. The lowest BCUT2D eigenvalue weighted by molar-refractivity contribution is -0.324. The van der Waals surface area contributed by atoms with E-state index in [9.17, 15) is 29.4 Å². The minimum Gasteiger partial charge on any atom is -0.462 e. The highest BCUT2D eigenvalue weighted by molar-refractivity contribution is 5.69. The van der Waals surface area contributed by atoms with Crippen LogP contribution in [0.2, 0.25) is 0 Å². The molecule has 1 spiro atoms. The van der Waals surface area contributed by atoms with Crippen LogP contribution in [-0.4, -0.2) is 70.7 Å². The SMILES string of the molecule is C=C1C2CC(OC(C)=O)C3C4(C)C(O)CC(O)C(C)(C)C4C(OC(C)=O)C(OC(C)=O)C3(C2)C1OC(C)=O. The predicted molar refractivity (Wildman–Crippen MR) is 132 cm³/mol. The molecule has 4 aliphatic carbocycles. The molecule has 0 amide bonds. The van der Waals surface area contributed by atoms with Gasteiger partial charge in [0, 0.05) is 51.4 Å². The average molecular weight is 537 g/mol. The number of rotatable bonds is 4. The molecular formula is C28H40O10. The van der Waals surface area contributed by atoms with Crippen molar-refractivity contribution in [3.8, 4) is 0 Å². The normalized spacial score (nSPS) is 44.8. The first-order valence-electron chi connectivity index (χ1n) is 13.2. The van der Waals surface area contributed by atoms with Crippen LogP contribution >= 0.6 is 0 Å². The van der Waals surface area contributed by atoms with Gasteiger partial charge in [-0.15, -0.1) is 0 Å². The lowest BCUT2D eigenvalue weighted by Crippen LogP contribution is -2.77. The maximum Gasteiger partial charge on any atom is 0.303 e. The van der Waals surface area contributed by atoms with Crippen molar-refractivity contribution in [2.75, 3.05) is 0 Å². The van der Waals surface area contributed by atoms with Crippen LogP contribution in [0.15, 0.2) is 12.2 Å². The molecule has 11 atom stereocenters. The summed E-state index contributed by atoms with van der Waals surface area (Å²) in [5.74, 6) is -4.00. The van der Waals surface area contributed by atoms with Crippen molar-refractivity contribution < 1.29 is 48.3 Å². The number of carbonyl (C=O) groups is 4. The molecule has 0 saturated heterocycles. The Labute approximate surface area is 223 Å². The van der Waals surface area contributed by atoms with E-state index in [4.69, 9.17) is 18.9 Å². The number of ether oxygens (including phenoxy) is 4. The van der Waals surface area contributed by atoms with Crippen molar-refractivity contribution in [1.29, 1.82) is 0 Å². The van der Waals surface area contributed by atoms with E-state index >= 15 is 0 Å². The summed E-state index contributed by atoms with van der Waals surface area (Å²) in [5.41, 5.74) is -2.65. The molecule has 212 valence electrons. The van der Waals surface area contributed by atoms with E-state index in [0.29, 0.717) is 18.4 Å². The summed E-state index contributed by atoms with van der Waals surface area (Å²) in [7, 11) is 0. The van der Waals surface area contributed by atoms with Crippen molar-refractivity contribution in [3.63, 3.8) is 0 Å². The Kier molecular flexibility index (Phi) is 7.01. The highest BCUT2D eigenvalue weighted by atomic mass is 16.6. The lowest BCUT2D eigenvalue weighted by atomic mass is 9.37. The quantitative estimate of drug-likeness (QED) is 0.311. The molecule has 0 aromatic heterocycles. The molecule has 4 fully saturated rings. The number of hydrogen-bond acceptors (Lipinski definition) is 10. The van der Waals surface area contributed by atoms with Gasteiger partial charge < -0.3 is 29.2 Å². The van der Waals surface area contributed by atoms with Crippen molar-refractivity contribution >= 4 is 23.9 Å². The monoisotopic (exact) mass is 536 g/mol. The summed E-state index contributed by atoms with van der Waals surface area (Å²) < 4.78 is 23.8. The van der Waals surface area contributed by atoms with E-state index in [1.807, 2.05) is 20.8 Å². The van der Waals surface area contributed by atoms with Crippen LogP contribution < -0.4 is 0 Å². The van der Waals surface area contributed by atoms with E-state index in [0.717, 1.165) is 0 Å². The summed E-state index contributed by atoms with van der Waals surface area (Å²) in [6.45, 7) is 14.8. The number of hydrogen-bond donors (Lipinski definition) is 2. The molecule has 4 rings (SSSR count). The Morgan fingerprint density at radius 1 is 0.789 bits per heavy atom. The molecule has 0 aliphatic heterocycles. The van der Waals surface area contributed by atoms with Crippen LogP contribution in [0.5, 0.6) is 0 Å². The summed E-state index contributed by atoms with van der Waals surface area (Å²) >= 11 is 0. The second-order valence-corrected chi connectivity index (χ2v) is 12.5. The fraction of sp³-hybridized carbons (Fsp3) is 0.786.